The van der Waals surface area contributed by atoms with Crippen molar-refractivity contribution in [2.24, 2.45) is 5.92 Å². The van der Waals surface area contributed by atoms with Gasteiger partial charge < -0.3 is 20.0 Å². The van der Waals surface area contributed by atoms with Gasteiger partial charge in [-0.25, -0.2) is 4.79 Å². The molecular weight excluding hydrogens is 397 g/mol. The minimum absolute atomic E-state index is 0.231. The fourth-order valence-corrected chi connectivity index (χ4v) is 3.57. The number of nitrogens with one attached hydrogen (secondary N) is 2. The fraction of sp³-hybridized carbons (Fsp3) is 0.333. The lowest BCUT2D eigenvalue weighted by molar-refractivity contribution is -0.136. The molecule has 2 heterocycles. The summed E-state index contributed by atoms with van der Waals surface area (Å²) in [6.45, 7) is 1.86. The number of carbonyl (C=O) groups excluding carboxylic acids is 1. The van der Waals surface area contributed by atoms with E-state index in [0.29, 0.717) is 12.6 Å². The van der Waals surface area contributed by atoms with Gasteiger partial charge in [-0.15, -0.1) is 0 Å². The molecule has 0 saturated carbocycles. The molecule has 1 aliphatic heterocycles. The van der Waals surface area contributed by atoms with Gasteiger partial charge in [0.05, 0.1) is 11.3 Å². The summed E-state index contributed by atoms with van der Waals surface area (Å²) in [5, 5.41) is 4.98. The normalized spacial score (nSPS) is 15.4. The van der Waals surface area contributed by atoms with Crippen molar-refractivity contribution >= 4 is 28.8 Å². The summed E-state index contributed by atoms with van der Waals surface area (Å²) in [5.41, 5.74) is 0.430. The Morgan fingerprint density at radius 1 is 1.10 bits per heavy atom. The summed E-state index contributed by atoms with van der Waals surface area (Å²) in [7, 11) is 0. The van der Waals surface area contributed by atoms with Crippen LogP contribution in [-0.2, 0) is 6.18 Å². The zero-order chi connectivity index (χ0) is 21.1. The molecule has 30 heavy (non-hydrogen) atoms. The lowest BCUT2D eigenvalue weighted by atomic mass is 9.97. The Bertz CT molecular complexity index is 993. The summed E-state index contributed by atoms with van der Waals surface area (Å²) < 4.78 is 44.9. The highest BCUT2D eigenvalue weighted by atomic mass is 19.4. The van der Waals surface area contributed by atoms with E-state index in [9.17, 15) is 18.0 Å². The van der Waals surface area contributed by atoms with Crippen LogP contribution in [0.4, 0.5) is 29.7 Å². The van der Waals surface area contributed by atoms with Crippen molar-refractivity contribution in [3.05, 3.63) is 54.1 Å². The molecule has 0 atom stereocenters. The van der Waals surface area contributed by atoms with E-state index in [1.54, 1.807) is 0 Å². The predicted octanol–water partition coefficient (Wildman–Crippen LogP) is 4.88. The maximum Gasteiger partial charge on any atom is 0.418 e. The van der Waals surface area contributed by atoms with Crippen molar-refractivity contribution in [2.75, 3.05) is 29.9 Å². The van der Waals surface area contributed by atoms with Gasteiger partial charge in [0.2, 0.25) is 0 Å². The third-order valence-corrected chi connectivity index (χ3v) is 5.20. The van der Waals surface area contributed by atoms with Gasteiger partial charge >= 0.3 is 12.2 Å². The second kappa shape index (κ2) is 8.25. The van der Waals surface area contributed by atoms with Gasteiger partial charge in [0.15, 0.2) is 5.58 Å². The Balaban J connectivity index is 1.27. The van der Waals surface area contributed by atoms with Gasteiger partial charge in [0.1, 0.15) is 5.52 Å². The topological polar surface area (TPSA) is 70.4 Å². The lowest BCUT2D eigenvalue weighted by Crippen LogP contribution is -2.40. The van der Waals surface area contributed by atoms with Gasteiger partial charge in [0, 0.05) is 19.6 Å². The van der Waals surface area contributed by atoms with E-state index < -0.39 is 17.8 Å². The molecule has 1 aliphatic rings. The molecule has 0 bridgehead atoms. The summed E-state index contributed by atoms with van der Waals surface area (Å²) in [4.78, 5) is 18.7. The minimum Gasteiger partial charge on any atom is -0.423 e. The number of benzene rings is 2. The third kappa shape index (κ3) is 4.50. The molecule has 0 radical (unpaired) electrons. The molecule has 1 aromatic heterocycles. The first kappa shape index (κ1) is 20.1. The van der Waals surface area contributed by atoms with Crippen molar-refractivity contribution in [1.82, 2.24) is 10.3 Å². The summed E-state index contributed by atoms with van der Waals surface area (Å²) in [6, 6.07) is 12.4. The molecule has 158 valence electrons. The Morgan fingerprint density at radius 3 is 2.53 bits per heavy atom. The average molecular weight is 418 g/mol. The number of carbonyl (C=O) groups is 1. The first-order valence-corrected chi connectivity index (χ1v) is 9.72. The number of piperidine rings is 1. The molecule has 1 saturated heterocycles. The third-order valence-electron chi connectivity index (χ3n) is 5.20. The Kier molecular flexibility index (Phi) is 5.52. The van der Waals surface area contributed by atoms with Crippen LogP contribution in [0, 0.1) is 5.92 Å². The van der Waals surface area contributed by atoms with Gasteiger partial charge in [-0.1, -0.05) is 24.3 Å². The van der Waals surface area contributed by atoms with Crippen LogP contribution in [0.3, 0.4) is 0 Å². The first-order chi connectivity index (χ1) is 14.4. The smallest absolute Gasteiger partial charge is 0.418 e. The SMILES string of the molecule is O=C(NCC1CCN(c2nc3ccccc3o2)CC1)Nc1ccccc1C(F)(F)F. The highest BCUT2D eigenvalue weighted by Gasteiger charge is 2.33. The fourth-order valence-electron chi connectivity index (χ4n) is 3.57. The monoisotopic (exact) mass is 418 g/mol. The van der Waals surface area contributed by atoms with Crippen LogP contribution in [0.1, 0.15) is 18.4 Å². The Hall–Kier alpha value is -3.23. The highest BCUT2D eigenvalue weighted by Crippen LogP contribution is 2.34. The zero-order valence-corrected chi connectivity index (χ0v) is 16.1. The van der Waals surface area contributed by atoms with E-state index in [0.717, 1.165) is 43.1 Å². The zero-order valence-electron chi connectivity index (χ0n) is 16.1. The number of oxazole rings is 1. The van der Waals surface area contributed by atoms with Gasteiger partial charge in [-0.2, -0.15) is 18.2 Å². The summed E-state index contributed by atoms with van der Waals surface area (Å²) >= 11 is 0. The first-order valence-electron chi connectivity index (χ1n) is 9.72. The lowest BCUT2D eigenvalue weighted by Gasteiger charge is -2.30. The van der Waals surface area contributed by atoms with E-state index in [1.165, 1.54) is 18.2 Å². The number of para-hydroxylation sites is 3. The number of nitrogens with zero attached hydrogens (tertiary/aromatic N) is 2. The molecule has 6 nitrogen and oxygen atoms in total. The second-order valence-corrected chi connectivity index (χ2v) is 7.27. The predicted molar refractivity (Wildman–Crippen MR) is 107 cm³/mol. The molecule has 2 aromatic carbocycles. The Labute approximate surface area is 171 Å². The van der Waals surface area contributed by atoms with E-state index in [-0.39, 0.29) is 11.6 Å². The van der Waals surface area contributed by atoms with Gasteiger partial charge in [-0.3, -0.25) is 0 Å². The number of halogens is 3. The Morgan fingerprint density at radius 2 is 1.80 bits per heavy atom. The second-order valence-electron chi connectivity index (χ2n) is 7.27. The number of aromatic nitrogens is 1. The van der Waals surface area contributed by atoms with Crippen LogP contribution in [0.25, 0.3) is 11.1 Å². The maximum absolute atomic E-state index is 13.0. The summed E-state index contributed by atoms with van der Waals surface area (Å²) in [5.74, 6) is 0.231. The van der Waals surface area contributed by atoms with Crippen molar-refractivity contribution in [1.29, 1.82) is 0 Å². The molecular formula is C21H21F3N4O2. The number of hydrogen-bond donors (Lipinski definition) is 2. The number of alkyl halides is 3. The number of urea groups is 1. The quantitative estimate of drug-likeness (QED) is 0.633. The number of fused-ring (bicyclic) bond motifs is 1. The van der Waals surface area contributed by atoms with E-state index >= 15 is 0 Å². The molecule has 2 amide bonds. The van der Waals surface area contributed by atoms with Gasteiger partial charge in [0.25, 0.3) is 6.01 Å². The average Bonchev–Trinajstić information content (AvgIpc) is 3.16. The molecule has 2 N–H and O–H groups in total. The van der Waals surface area contributed by atoms with Crippen molar-refractivity contribution in [3.8, 4) is 0 Å². The van der Waals surface area contributed by atoms with E-state index in [4.69, 9.17) is 4.42 Å². The molecule has 0 spiro atoms. The molecule has 0 aliphatic carbocycles. The number of amides is 2. The van der Waals surface area contributed by atoms with Crippen LogP contribution in [0.15, 0.2) is 52.9 Å². The van der Waals surface area contributed by atoms with Crippen LogP contribution in [-0.4, -0.2) is 30.6 Å². The number of hydrogen-bond acceptors (Lipinski definition) is 4. The van der Waals surface area contributed by atoms with Crippen LogP contribution >= 0.6 is 0 Å². The van der Waals surface area contributed by atoms with Crippen LogP contribution < -0.4 is 15.5 Å². The molecule has 3 aromatic rings. The summed E-state index contributed by atoms with van der Waals surface area (Å²) in [6.07, 6.45) is -2.89. The van der Waals surface area contributed by atoms with E-state index in [2.05, 4.69) is 20.5 Å². The minimum atomic E-state index is -4.53. The number of rotatable bonds is 4. The molecule has 4 rings (SSSR count). The highest BCUT2D eigenvalue weighted by molar-refractivity contribution is 5.90. The standard InChI is InChI=1S/C21H21F3N4O2/c22-21(23,24)15-5-1-2-6-16(15)26-19(29)25-13-14-9-11-28(12-10-14)20-27-17-7-3-4-8-18(17)30-20/h1-8,14H,9-13H2,(H2,25,26,29). The molecule has 0 unspecified atom stereocenters. The van der Waals surface area contributed by atoms with Crippen molar-refractivity contribution in [3.63, 3.8) is 0 Å². The van der Waals surface area contributed by atoms with E-state index in [1.807, 2.05) is 24.3 Å². The van der Waals surface area contributed by atoms with Crippen molar-refractivity contribution < 1.29 is 22.4 Å². The largest absolute Gasteiger partial charge is 0.423 e. The number of anilines is 2. The van der Waals surface area contributed by atoms with Crippen LogP contribution in [0.2, 0.25) is 0 Å². The maximum atomic E-state index is 13.0. The van der Waals surface area contributed by atoms with Crippen molar-refractivity contribution in [2.45, 2.75) is 19.0 Å². The van der Waals surface area contributed by atoms with Crippen LogP contribution in [0.5, 0.6) is 0 Å². The van der Waals surface area contributed by atoms with Gasteiger partial charge in [-0.05, 0) is 43.0 Å². The molecule has 9 heteroatoms. The molecule has 1 fully saturated rings.